The van der Waals surface area contributed by atoms with Crippen LogP contribution in [-0.4, -0.2) is 38.2 Å². The lowest BCUT2D eigenvalue weighted by atomic mass is 10.1. The molecule has 0 saturated carbocycles. The van der Waals surface area contributed by atoms with Gasteiger partial charge in [-0.15, -0.1) is 11.3 Å². The third-order valence-corrected chi connectivity index (χ3v) is 6.49. The van der Waals surface area contributed by atoms with Crippen molar-refractivity contribution in [2.45, 2.75) is 18.1 Å². The third kappa shape index (κ3) is 3.83. The number of benzene rings is 1. The SMILES string of the molecule is O=C(O)CNC(=O)c1c(O)c2c(n(Cc3nc(-c4ccccc4)cs3)c1=O)CSC2. The fourth-order valence-corrected chi connectivity index (χ4v) is 5.18. The number of hydrogen-bond acceptors (Lipinski definition) is 7. The van der Waals surface area contributed by atoms with E-state index in [1.165, 1.54) is 27.7 Å². The van der Waals surface area contributed by atoms with Crippen LogP contribution in [0.15, 0.2) is 40.5 Å². The molecule has 2 aromatic heterocycles. The van der Waals surface area contributed by atoms with Crippen molar-refractivity contribution in [1.82, 2.24) is 14.9 Å². The summed E-state index contributed by atoms with van der Waals surface area (Å²) >= 11 is 2.94. The van der Waals surface area contributed by atoms with Gasteiger partial charge in [-0.25, -0.2) is 4.98 Å². The lowest BCUT2D eigenvalue weighted by Crippen LogP contribution is -2.37. The van der Waals surface area contributed by atoms with Crippen LogP contribution in [0.2, 0.25) is 0 Å². The number of carbonyl (C=O) groups excluding carboxylic acids is 1. The largest absolute Gasteiger partial charge is 0.507 e. The maximum atomic E-state index is 13.1. The Hall–Kier alpha value is -3.11. The molecule has 0 aliphatic carbocycles. The van der Waals surface area contributed by atoms with Crippen molar-refractivity contribution in [3.63, 3.8) is 0 Å². The fourth-order valence-electron chi connectivity index (χ4n) is 3.25. The summed E-state index contributed by atoms with van der Waals surface area (Å²) < 4.78 is 1.46. The van der Waals surface area contributed by atoms with Crippen molar-refractivity contribution in [1.29, 1.82) is 0 Å². The summed E-state index contributed by atoms with van der Waals surface area (Å²) in [6.07, 6.45) is 0. The molecule has 8 nitrogen and oxygen atoms in total. The molecule has 1 amide bonds. The summed E-state index contributed by atoms with van der Waals surface area (Å²) in [6, 6.07) is 9.66. The van der Waals surface area contributed by atoms with E-state index in [4.69, 9.17) is 5.11 Å². The molecule has 3 heterocycles. The highest BCUT2D eigenvalue weighted by Gasteiger charge is 2.29. The second-order valence-corrected chi connectivity index (χ2v) is 8.53. The van der Waals surface area contributed by atoms with Crippen LogP contribution >= 0.6 is 23.1 Å². The van der Waals surface area contributed by atoms with E-state index in [1.54, 1.807) is 0 Å². The van der Waals surface area contributed by atoms with Gasteiger partial charge >= 0.3 is 5.97 Å². The van der Waals surface area contributed by atoms with Crippen LogP contribution in [0.1, 0.15) is 26.6 Å². The van der Waals surface area contributed by atoms with Crippen LogP contribution in [0.3, 0.4) is 0 Å². The molecule has 0 fully saturated rings. The summed E-state index contributed by atoms with van der Waals surface area (Å²) in [6.45, 7) is -0.477. The molecule has 30 heavy (non-hydrogen) atoms. The van der Waals surface area contributed by atoms with Gasteiger partial charge in [0.25, 0.3) is 11.5 Å². The van der Waals surface area contributed by atoms with E-state index in [-0.39, 0.29) is 12.3 Å². The van der Waals surface area contributed by atoms with Gasteiger partial charge in [-0.2, -0.15) is 11.8 Å². The van der Waals surface area contributed by atoms with E-state index < -0.39 is 29.5 Å². The van der Waals surface area contributed by atoms with Gasteiger partial charge in [-0.05, 0) is 0 Å². The van der Waals surface area contributed by atoms with Crippen LogP contribution < -0.4 is 10.9 Å². The van der Waals surface area contributed by atoms with Gasteiger partial charge in [0.1, 0.15) is 22.9 Å². The number of thioether (sulfide) groups is 1. The van der Waals surface area contributed by atoms with Crippen molar-refractivity contribution < 1.29 is 19.8 Å². The van der Waals surface area contributed by atoms with E-state index in [2.05, 4.69) is 10.3 Å². The van der Waals surface area contributed by atoms with E-state index in [1.807, 2.05) is 35.7 Å². The number of fused-ring (bicyclic) bond motifs is 1. The first kappa shape index (κ1) is 20.2. The normalized spacial score (nSPS) is 12.5. The minimum atomic E-state index is -1.24. The number of amides is 1. The number of aromatic nitrogens is 2. The summed E-state index contributed by atoms with van der Waals surface area (Å²) in [7, 11) is 0. The highest BCUT2D eigenvalue weighted by atomic mass is 32.2. The molecule has 0 saturated heterocycles. The number of nitrogens with zero attached hydrogens (tertiary/aromatic N) is 2. The fraction of sp³-hybridized carbons (Fsp3) is 0.200. The predicted octanol–water partition coefficient (Wildman–Crippen LogP) is 2.29. The lowest BCUT2D eigenvalue weighted by Gasteiger charge is -2.15. The average Bonchev–Trinajstić information content (AvgIpc) is 3.40. The Kier molecular flexibility index (Phi) is 5.60. The van der Waals surface area contributed by atoms with Gasteiger partial charge in [0.2, 0.25) is 0 Å². The summed E-state index contributed by atoms with van der Waals surface area (Å²) in [5.74, 6) is -1.52. The van der Waals surface area contributed by atoms with Crippen LogP contribution in [0.25, 0.3) is 11.3 Å². The molecule has 0 atom stereocenters. The Morgan fingerprint density at radius 3 is 2.70 bits per heavy atom. The van der Waals surface area contributed by atoms with Gasteiger partial charge in [0, 0.05) is 33.7 Å². The summed E-state index contributed by atoms with van der Waals surface area (Å²) in [5.41, 5.74) is 1.86. The summed E-state index contributed by atoms with van der Waals surface area (Å²) in [5, 5.41) is 24.1. The molecule has 1 aromatic carbocycles. The zero-order valence-corrected chi connectivity index (χ0v) is 17.3. The van der Waals surface area contributed by atoms with Crippen LogP contribution in [0.4, 0.5) is 0 Å². The molecule has 154 valence electrons. The van der Waals surface area contributed by atoms with Crippen molar-refractivity contribution in [2.75, 3.05) is 6.54 Å². The van der Waals surface area contributed by atoms with Gasteiger partial charge in [0.15, 0.2) is 0 Å². The second kappa shape index (κ2) is 8.33. The highest BCUT2D eigenvalue weighted by Crippen LogP contribution is 2.36. The Labute approximate surface area is 179 Å². The maximum Gasteiger partial charge on any atom is 0.322 e. The molecule has 0 spiro atoms. The Morgan fingerprint density at radius 1 is 1.20 bits per heavy atom. The minimum absolute atomic E-state index is 0.165. The van der Waals surface area contributed by atoms with Crippen molar-refractivity contribution in [2.24, 2.45) is 0 Å². The smallest absolute Gasteiger partial charge is 0.322 e. The first-order chi connectivity index (χ1) is 14.5. The first-order valence-electron chi connectivity index (χ1n) is 9.00. The number of aromatic hydroxyl groups is 1. The zero-order valence-electron chi connectivity index (χ0n) is 15.6. The number of carboxylic acid groups (broad SMARTS) is 1. The standard InChI is InChI=1S/C20H17N3O5S2/c24-16(25)6-21-19(27)17-18(26)12-8-29-10-14(12)23(20(17)28)7-15-22-13(9-30-15)11-4-2-1-3-5-11/h1-5,9,26H,6-8,10H2,(H,21,27)(H,24,25). The molecule has 0 radical (unpaired) electrons. The van der Waals surface area contributed by atoms with E-state index in [9.17, 15) is 19.5 Å². The zero-order chi connectivity index (χ0) is 21.3. The highest BCUT2D eigenvalue weighted by molar-refractivity contribution is 7.98. The summed E-state index contributed by atoms with van der Waals surface area (Å²) in [4.78, 5) is 40.9. The molecule has 4 rings (SSSR count). The van der Waals surface area contributed by atoms with Crippen molar-refractivity contribution in [3.05, 3.63) is 67.9 Å². The van der Waals surface area contributed by atoms with Crippen LogP contribution in [0, 0.1) is 0 Å². The first-order valence-corrected chi connectivity index (χ1v) is 11.0. The molecule has 1 aliphatic heterocycles. The van der Waals surface area contributed by atoms with Gasteiger partial charge in [0.05, 0.1) is 12.2 Å². The van der Waals surface area contributed by atoms with Gasteiger partial charge in [-0.3, -0.25) is 14.4 Å². The second-order valence-electron chi connectivity index (χ2n) is 6.60. The third-order valence-electron chi connectivity index (χ3n) is 4.68. The molecule has 10 heteroatoms. The Morgan fingerprint density at radius 2 is 1.97 bits per heavy atom. The number of carboxylic acids is 1. The molecule has 3 N–H and O–H groups in total. The Balaban J connectivity index is 1.72. The number of pyridine rings is 1. The maximum absolute atomic E-state index is 13.1. The minimum Gasteiger partial charge on any atom is -0.507 e. The van der Waals surface area contributed by atoms with Crippen LogP contribution in [-0.2, 0) is 22.8 Å². The topological polar surface area (TPSA) is 122 Å². The van der Waals surface area contributed by atoms with Gasteiger partial charge < -0.3 is 20.1 Å². The number of thiazole rings is 1. The lowest BCUT2D eigenvalue weighted by molar-refractivity contribution is -0.135. The number of aliphatic carboxylic acids is 1. The molecular weight excluding hydrogens is 426 g/mol. The monoisotopic (exact) mass is 443 g/mol. The average molecular weight is 444 g/mol. The quantitative estimate of drug-likeness (QED) is 0.534. The van der Waals surface area contributed by atoms with E-state index in [0.717, 1.165) is 11.3 Å². The van der Waals surface area contributed by atoms with Crippen LogP contribution in [0.5, 0.6) is 5.75 Å². The molecule has 0 bridgehead atoms. The van der Waals surface area contributed by atoms with E-state index >= 15 is 0 Å². The molecular formula is C20H17N3O5S2. The number of rotatable bonds is 6. The molecule has 1 aliphatic rings. The molecule has 3 aromatic rings. The number of carbonyl (C=O) groups is 2. The number of hydrogen-bond donors (Lipinski definition) is 3. The predicted molar refractivity (Wildman–Crippen MR) is 114 cm³/mol. The van der Waals surface area contributed by atoms with E-state index in [0.29, 0.717) is 27.8 Å². The Bertz CT molecular complexity index is 1190. The molecule has 0 unspecified atom stereocenters. The number of nitrogens with one attached hydrogen (secondary N) is 1. The van der Waals surface area contributed by atoms with Crippen molar-refractivity contribution in [3.8, 4) is 17.0 Å². The van der Waals surface area contributed by atoms with Crippen molar-refractivity contribution >= 4 is 35.0 Å². The van der Waals surface area contributed by atoms with Gasteiger partial charge in [-0.1, -0.05) is 30.3 Å².